The molecular weight excluding hydrogens is 347 g/mol. The minimum atomic E-state index is -0.359. The van der Waals surface area contributed by atoms with Gasteiger partial charge in [0.05, 0.1) is 5.69 Å². The van der Waals surface area contributed by atoms with E-state index >= 15 is 0 Å². The smallest absolute Gasteiger partial charge is 0.339 e. The highest BCUT2D eigenvalue weighted by atomic mass is 19.1. The van der Waals surface area contributed by atoms with Crippen molar-refractivity contribution in [2.45, 2.75) is 18.8 Å². The van der Waals surface area contributed by atoms with Gasteiger partial charge in [0, 0.05) is 24.6 Å². The number of aromatic amines is 1. The van der Waals surface area contributed by atoms with Gasteiger partial charge in [-0.25, -0.2) is 18.9 Å². The summed E-state index contributed by atoms with van der Waals surface area (Å²) in [7, 11) is 0. The summed E-state index contributed by atoms with van der Waals surface area (Å²) >= 11 is 0. The minimum absolute atomic E-state index is 0.0847. The number of nitrogens with one attached hydrogen (secondary N) is 1. The second kappa shape index (κ2) is 7.19. The van der Waals surface area contributed by atoms with E-state index in [0.29, 0.717) is 37.3 Å². The second-order valence-electron chi connectivity index (χ2n) is 6.63. The molecule has 3 aromatic rings. The van der Waals surface area contributed by atoms with Crippen LogP contribution in [-0.4, -0.2) is 38.7 Å². The van der Waals surface area contributed by atoms with Gasteiger partial charge in [0.2, 0.25) is 0 Å². The molecule has 0 radical (unpaired) electrons. The average molecular weight is 366 g/mol. The normalized spacial score (nSPS) is 15.1. The van der Waals surface area contributed by atoms with Crippen LogP contribution in [-0.2, 0) is 0 Å². The van der Waals surface area contributed by atoms with E-state index in [1.807, 2.05) is 30.3 Å². The number of amides is 1. The quantitative estimate of drug-likeness (QED) is 0.775. The van der Waals surface area contributed by atoms with Gasteiger partial charge in [0.25, 0.3) is 5.91 Å². The Morgan fingerprint density at radius 3 is 2.37 bits per heavy atom. The first kappa shape index (κ1) is 17.2. The van der Waals surface area contributed by atoms with Crippen molar-refractivity contribution in [3.05, 3.63) is 82.3 Å². The average Bonchev–Trinajstić information content (AvgIpc) is 3.10. The molecule has 6 nitrogen and oxygen atoms in total. The number of halogens is 1. The van der Waals surface area contributed by atoms with E-state index in [2.05, 4.69) is 10.2 Å². The van der Waals surface area contributed by atoms with Crippen LogP contribution in [0.25, 0.3) is 5.69 Å². The molecule has 1 fully saturated rings. The summed E-state index contributed by atoms with van der Waals surface area (Å²) in [5.41, 5.74) is 0.993. The van der Waals surface area contributed by atoms with E-state index in [4.69, 9.17) is 0 Å². The van der Waals surface area contributed by atoms with E-state index in [1.165, 1.54) is 24.3 Å². The number of para-hydroxylation sites is 1. The van der Waals surface area contributed by atoms with Crippen molar-refractivity contribution in [2.24, 2.45) is 0 Å². The maximum atomic E-state index is 13.0. The van der Waals surface area contributed by atoms with Gasteiger partial charge in [-0.3, -0.25) is 4.79 Å². The summed E-state index contributed by atoms with van der Waals surface area (Å²) in [6, 6.07) is 15.0. The van der Waals surface area contributed by atoms with Crippen LogP contribution < -0.4 is 5.69 Å². The van der Waals surface area contributed by atoms with Crippen molar-refractivity contribution in [3.63, 3.8) is 0 Å². The van der Waals surface area contributed by atoms with Gasteiger partial charge in [-0.15, -0.1) is 0 Å². The van der Waals surface area contributed by atoms with Crippen LogP contribution in [0.3, 0.4) is 0 Å². The summed E-state index contributed by atoms with van der Waals surface area (Å²) in [4.78, 5) is 26.6. The summed E-state index contributed by atoms with van der Waals surface area (Å²) in [6.45, 7) is 1.13. The molecule has 0 saturated carbocycles. The molecule has 1 saturated heterocycles. The fraction of sp³-hybridized carbons (Fsp3) is 0.250. The lowest BCUT2D eigenvalue weighted by Gasteiger charge is -2.31. The van der Waals surface area contributed by atoms with Crippen LogP contribution in [0.5, 0.6) is 0 Å². The third-order valence-corrected chi connectivity index (χ3v) is 4.95. The first-order valence-electron chi connectivity index (χ1n) is 8.91. The molecule has 1 aromatic heterocycles. The molecule has 1 aliphatic rings. The van der Waals surface area contributed by atoms with Gasteiger partial charge in [0.1, 0.15) is 11.6 Å². The summed E-state index contributed by atoms with van der Waals surface area (Å²) in [5, 5.41) is 6.77. The number of benzene rings is 2. The zero-order valence-corrected chi connectivity index (χ0v) is 14.6. The zero-order valence-electron chi connectivity index (χ0n) is 14.6. The number of hydrogen-bond donors (Lipinski definition) is 1. The molecule has 1 amide bonds. The maximum Gasteiger partial charge on any atom is 0.347 e. The van der Waals surface area contributed by atoms with Crippen molar-refractivity contribution in [3.8, 4) is 5.69 Å². The molecule has 0 unspecified atom stereocenters. The van der Waals surface area contributed by atoms with Gasteiger partial charge < -0.3 is 4.90 Å². The third-order valence-electron chi connectivity index (χ3n) is 4.95. The summed E-state index contributed by atoms with van der Waals surface area (Å²) < 4.78 is 14.6. The Kier molecular flexibility index (Phi) is 4.58. The van der Waals surface area contributed by atoms with E-state index < -0.39 is 0 Å². The lowest BCUT2D eigenvalue weighted by Crippen LogP contribution is -2.38. The van der Waals surface area contributed by atoms with E-state index in [-0.39, 0.29) is 23.3 Å². The molecule has 7 heteroatoms. The first-order valence-corrected chi connectivity index (χ1v) is 8.91. The molecule has 0 aliphatic carbocycles. The zero-order chi connectivity index (χ0) is 18.8. The first-order chi connectivity index (χ1) is 13.1. The van der Waals surface area contributed by atoms with E-state index in [1.54, 1.807) is 9.47 Å². The van der Waals surface area contributed by atoms with Crippen LogP contribution in [0.15, 0.2) is 59.4 Å². The Labute approximate surface area is 155 Å². The van der Waals surface area contributed by atoms with Crippen LogP contribution >= 0.6 is 0 Å². The fourth-order valence-electron chi connectivity index (χ4n) is 3.53. The number of piperidine rings is 1. The minimum Gasteiger partial charge on any atom is -0.339 e. The van der Waals surface area contributed by atoms with Crippen molar-refractivity contribution in [1.29, 1.82) is 0 Å². The molecule has 138 valence electrons. The molecule has 0 atom stereocenters. The van der Waals surface area contributed by atoms with Crippen molar-refractivity contribution < 1.29 is 9.18 Å². The lowest BCUT2D eigenvalue weighted by molar-refractivity contribution is 0.0710. The number of aromatic nitrogens is 3. The van der Waals surface area contributed by atoms with Crippen LogP contribution in [0.2, 0.25) is 0 Å². The van der Waals surface area contributed by atoms with Gasteiger partial charge in [-0.05, 0) is 49.2 Å². The lowest BCUT2D eigenvalue weighted by atomic mass is 9.95. The predicted octanol–water partition coefficient (Wildman–Crippen LogP) is 2.72. The van der Waals surface area contributed by atoms with Crippen molar-refractivity contribution >= 4 is 5.91 Å². The highest BCUT2D eigenvalue weighted by Gasteiger charge is 2.28. The molecule has 0 bridgehead atoms. The second-order valence-corrected chi connectivity index (χ2v) is 6.63. The van der Waals surface area contributed by atoms with Gasteiger partial charge >= 0.3 is 5.69 Å². The van der Waals surface area contributed by atoms with E-state index in [0.717, 1.165) is 5.69 Å². The highest BCUT2D eigenvalue weighted by molar-refractivity contribution is 5.94. The summed E-state index contributed by atoms with van der Waals surface area (Å²) in [6.07, 6.45) is 1.42. The molecule has 27 heavy (non-hydrogen) atoms. The number of H-pyrrole nitrogens is 1. The third kappa shape index (κ3) is 3.40. The van der Waals surface area contributed by atoms with Crippen LogP contribution in [0.4, 0.5) is 4.39 Å². The van der Waals surface area contributed by atoms with Gasteiger partial charge in [-0.1, -0.05) is 18.2 Å². The number of nitrogens with zero attached hydrogens (tertiary/aromatic N) is 3. The predicted molar refractivity (Wildman–Crippen MR) is 98.5 cm³/mol. The molecule has 1 N–H and O–H groups in total. The van der Waals surface area contributed by atoms with E-state index in [9.17, 15) is 14.0 Å². The molecular formula is C20H19FN4O2. The molecule has 0 spiro atoms. The highest BCUT2D eigenvalue weighted by Crippen LogP contribution is 2.28. The Morgan fingerprint density at radius 1 is 1.04 bits per heavy atom. The van der Waals surface area contributed by atoms with Crippen LogP contribution in [0, 0.1) is 5.82 Å². The standard InChI is InChI=1S/C20H19FN4O2/c21-16-8-6-15(7-9-16)19(26)24-12-10-14(11-13-24)18-22-23-20(27)25(18)17-4-2-1-3-5-17/h1-9,14H,10-13H2,(H,23,27). The molecule has 1 aliphatic heterocycles. The Balaban J connectivity index is 1.50. The van der Waals surface area contributed by atoms with Crippen molar-refractivity contribution in [1.82, 2.24) is 19.7 Å². The summed E-state index contributed by atoms with van der Waals surface area (Å²) in [5.74, 6) is 0.320. The van der Waals surface area contributed by atoms with Gasteiger partial charge in [0.15, 0.2) is 0 Å². The number of carbonyl (C=O) groups excluding carboxylic acids is 1. The Hall–Kier alpha value is -3.22. The Bertz CT molecular complexity index is 987. The largest absolute Gasteiger partial charge is 0.347 e. The Morgan fingerprint density at radius 2 is 1.70 bits per heavy atom. The number of rotatable bonds is 3. The molecule has 4 rings (SSSR count). The van der Waals surface area contributed by atoms with Crippen molar-refractivity contribution in [2.75, 3.05) is 13.1 Å². The fourth-order valence-corrected chi connectivity index (χ4v) is 3.53. The maximum absolute atomic E-state index is 13.0. The number of likely N-dealkylation sites (tertiary alicyclic amines) is 1. The monoisotopic (exact) mass is 366 g/mol. The van der Waals surface area contributed by atoms with Gasteiger partial charge in [-0.2, -0.15) is 5.10 Å². The topological polar surface area (TPSA) is 71.0 Å². The van der Waals surface area contributed by atoms with Crippen LogP contribution in [0.1, 0.15) is 34.9 Å². The molecule has 2 heterocycles. The molecule has 2 aromatic carbocycles. The number of hydrogen-bond acceptors (Lipinski definition) is 3. The SMILES string of the molecule is O=C(c1ccc(F)cc1)N1CCC(c2n[nH]c(=O)n2-c2ccccc2)CC1. The number of carbonyl (C=O) groups is 1.